The van der Waals surface area contributed by atoms with Gasteiger partial charge >= 0.3 is 0 Å². The number of aryl methyl sites for hydroxylation is 1. The highest BCUT2D eigenvalue weighted by atomic mass is 79.9. The van der Waals surface area contributed by atoms with Crippen LogP contribution >= 0.6 is 15.9 Å². The lowest BCUT2D eigenvalue weighted by Crippen LogP contribution is -2.42. The molecule has 7 heteroatoms. The second kappa shape index (κ2) is 9.30. The molecule has 0 radical (unpaired) electrons. The number of amides is 1. The molecule has 1 N–H and O–H groups in total. The number of nitrogens with one attached hydrogen (secondary N) is 1. The molecule has 0 aromatic heterocycles. The van der Waals surface area contributed by atoms with Gasteiger partial charge < -0.3 is 19.9 Å². The fraction of sp³-hybridized carbons (Fsp3) is 0.417. The molecule has 1 amide bonds. The molecule has 2 aromatic carbocycles. The van der Waals surface area contributed by atoms with Gasteiger partial charge in [-0.25, -0.2) is 0 Å². The van der Waals surface area contributed by atoms with E-state index in [0.29, 0.717) is 24.2 Å². The average Bonchev–Trinajstić information content (AvgIpc) is 3.30. The number of rotatable bonds is 7. The Kier molecular flexibility index (Phi) is 6.51. The molecule has 0 bridgehead atoms. The van der Waals surface area contributed by atoms with Crippen LogP contribution in [0, 0.1) is 6.92 Å². The smallest absolute Gasteiger partial charge is 0.251 e. The summed E-state index contributed by atoms with van der Waals surface area (Å²) in [6.45, 7) is 7.35. The zero-order valence-corrected chi connectivity index (χ0v) is 19.9. The van der Waals surface area contributed by atoms with Gasteiger partial charge in [0.25, 0.3) is 5.91 Å². The van der Waals surface area contributed by atoms with E-state index in [0.717, 1.165) is 47.8 Å². The minimum atomic E-state index is -0.0508. The Morgan fingerprint density at radius 1 is 1.26 bits per heavy atom. The highest BCUT2D eigenvalue weighted by molar-refractivity contribution is 9.10. The Morgan fingerprint density at radius 3 is 2.74 bits per heavy atom. The summed E-state index contributed by atoms with van der Waals surface area (Å²) in [6, 6.07) is 14.7. The number of guanidine groups is 1. The lowest BCUT2D eigenvalue weighted by molar-refractivity contribution is 0.0950. The van der Waals surface area contributed by atoms with Crippen LogP contribution in [0.3, 0.4) is 0 Å². The molecule has 0 unspecified atom stereocenters. The molecular weight excluding hydrogens is 456 g/mol. The van der Waals surface area contributed by atoms with E-state index in [1.54, 1.807) is 7.11 Å². The maximum atomic E-state index is 12.6. The first kappa shape index (κ1) is 21.7. The summed E-state index contributed by atoms with van der Waals surface area (Å²) >= 11 is 3.50. The Hall–Kier alpha value is -2.54. The van der Waals surface area contributed by atoms with Gasteiger partial charge in [0.15, 0.2) is 5.96 Å². The van der Waals surface area contributed by atoms with Crippen molar-refractivity contribution in [2.45, 2.75) is 32.4 Å². The molecule has 1 fully saturated rings. The average molecular weight is 485 g/mol. The molecule has 2 atom stereocenters. The number of halogens is 1. The molecule has 2 aliphatic heterocycles. The van der Waals surface area contributed by atoms with Gasteiger partial charge in [-0.05, 0) is 55.7 Å². The van der Waals surface area contributed by atoms with Gasteiger partial charge in [-0.2, -0.15) is 0 Å². The number of hydrogen-bond acceptors (Lipinski definition) is 5. The van der Waals surface area contributed by atoms with Gasteiger partial charge in [0.1, 0.15) is 5.75 Å². The number of nitrogens with zero attached hydrogens (tertiary/aromatic N) is 3. The van der Waals surface area contributed by atoms with Crippen molar-refractivity contribution in [1.82, 2.24) is 15.1 Å². The molecular formula is C24H29BrN4O2. The van der Waals surface area contributed by atoms with Crippen molar-refractivity contribution >= 4 is 27.8 Å². The maximum Gasteiger partial charge on any atom is 0.251 e. The Labute approximate surface area is 192 Å². The number of carbonyl (C=O) groups is 1. The SMILES string of the molecule is COc1ccc(C[C@H]2CN3C(=NC[C@H]3C)N2CCNC(=O)c2ccc(C)c(Br)c2)cc1. The molecule has 31 heavy (non-hydrogen) atoms. The second-order valence-corrected chi connectivity index (χ2v) is 9.12. The summed E-state index contributed by atoms with van der Waals surface area (Å²) in [5, 5.41) is 3.07. The molecule has 2 aromatic rings. The van der Waals surface area contributed by atoms with Gasteiger partial charge in [-0.1, -0.05) is 34.1 Å². The van der Waals surface area contributed by atoms with E-state index in [-0.39, 0.29) is 5.91 Å². The van der Waals surface area contributed by atoms with Crippen LogP contribution in [0.1, 0.15) is 28.4 Å². The van der Waals surface area contributed by atoms with Crippen LogP contribution in [0.2, 0.25) is 0 Å². The monoisotopic (exact) mass is 484 g/mol. The number of fused-ring (bicyclic) bond motifs is 1. The molecule has 0 spiro atoms. The molecule has 6 nitrogen and oxygen atoms in total. The molecule has 0 saturated carbocycles. The van der Waals surface area contributed by atoms with Crippen LogP contribution < -0.4 is 10.1 Å². The predicted octanol–water partition coefficient (Wildman–Crippen LogP) is 3.48. The summed E-state index contributed by atoms with van der Waals surface area (Å²) in [6.07, 6.45) is 0.936. The Morgan fingerprint density at radius 2 is 2.03 bits per heavy atom. The van der Waals surface area contributed by atoms with Crippen molar-refractivity contribution in [3.8, 4) is 5.75 Å². The Balaban J connectivity index is 1.40. The summed E-state index contributed by atoms with van der Waals surface area (Å²) in [7, 11) is 1.69. The summed E-state index contributed by atoms with van der Waals surface area (Å²) in [5.41, 5.74) is 3.06. The highest BCUT2D eigenvalue weighted by Gasteiger charge is 2.40. The number of benzene rings is 2. The summed E-state index contributed by atoms with van der Waals surface area (Å²) in [4.78, 5) is 22.1. The number of carbonyl (C=O) groups excluding carboxylic acids is 1. The third kappa shape index (κ3) is 4.71. The van der Waals surface area contributed by atoms with Crippen molar-refractivity contribution in [3.63, 3.8) is 0 Å². The van der Waals surface area contributed by atoms with E-state index in [4.69, 9.17) is 9.73 Å². The summed E-state index contributed by atoms with van der Waals surface area (Å²) < 4.78 is 6.23. The van der Waals surface area contributed by atoms with Crippen molar-refractivity contribution in [1.29, 1.82) is 0 Å². The van der Waals surface area contributed by atoms with Crippen LogP contribution in [-0.4, -0.2) is 67.0 Å². The fourth-order valence-electron chi connectivity index (χ4n) is 4.22. The van der Waals surface area contributed by atoms with E-state index in [2.05, 4.69) is 50.1 Å². The molecule has 4 rings (SSSR count). The van der Waals surface area contributed by atoms with E-state index in [1.165, 1.54) is 5.56 Å². The molecule has 2 aliphatic rings. The molecule has 1 saturated heterocycles. The van der Waals surface area contributed by atoms with E-state index in [1.807, 2.05) is 37.3 Å². The van der Waals surface area contributed by atoms with Gasteiger partial charge in [-0.15, -0.1) is 0 Å². The van der Waals surface area contributed by atoms with Crippen LogP contribution in [0.15, 0.2) is 51.9 Å². The normalized spacial score (nSPS) is 19.9. The first-order chi connectivity index (χ1) is 15.0. The van der Waals surface area contributed by atoms with Crippen LogP contribution in [-0.2, 0) is 6.42 Å². The van der Waals surface area contributed by atoms with E-state index >= 15 is 0 Å². The minimum absolute atomic E-state index is 0.0508. The quantitative estimate of drug-likeness (QED) is 0.653. The van der Waals surface area contributed by atoms with Gasteiger partial charge in [0, 0.05) is 35.7 Å². The molecule has 2 heterocycles. The molecule has 164 valence electrons. The summed E-state index contributed by atoms with van der Waals surface area (Å²) in [5.74, 6) is 1.89. The van der Waals surface area contributed by atoms with Gasteiger partial charge in [0.2, 0.25) is 0 Å². The second-order valence-electron chi connectivity index (χ2n) is 8.26. The van der Waals surface area contributed by atoms with Crippen molar-refractivity contribution in [2.75, 3.05) is 33.3 Å². The number of hydrogen-bond donors (Lipinski definition) is 1. The minimum Gasteiger partial charge on any atom is -0.497 e. The Bertz CT molecular complexity index is 976. The largest absolute Gasteiger partial charge is 0.497 e. The highest BCUT2D eigenvalue weighted by Crippen LogP contribution is 2.26. The van der Waals surface area contributed by atoms with Crippen molar-refractivity contribution in [2.24, 2.45) is 4.99 Å². The van der Waals surface area contributed by atoms with Gasteiger partial charge in [-0.3, -0.25) is 9.79 Å². The number of methoxy groups -OCH3 is 1. The van der Waals surface area contributed by atoms with Crippen LogP contribution in [0.5, 0.6) is 5.75 Å². The van der Waals surface area contributed by atoms with Crippen LogP contribution in [0.25, 0.3) is 0 Å². The topological polar surface area (TPSA) is 57.2 Å². The lowest BCUT2D eigenvalue weighted by Gasteiger charge is -2.25. The predicted molar refractivity (Wildman–Crippen MR) is 127 cm³/mol. The van der Waals surface area contributed by atoms with Crippen LogP contribution in [0.4, 0.5) is 0 Å². The zero-order chi connectivity index (χ0) is 22.0. The molecule has 0 aliphatic carbocycles. The first-order valence-electron chi connectivity index (χ1n) is 10.7. The number of aliphatic imine (C=N–C) groups is 1. The fourth-order valence-corrected chi connectivity index (χ4v) is 4.60. The van der Waals surface area contributed by atoms with E-state index < -0.39 is 0 Å². The van der Waals surface area contributed by atoms with Crippen molar-refractivity contribution in [3.05, 3.63) is 63.6 Å². The van der Waals surface area contributed by atoms with Crippen molar-refractivity contribution < 1.29 is 9.53 Å². The maximum absolute atomic E-state index is 12.6. The van der Waals surface area contributed by atoms with E-state index in [9.17, 15) is 4.79 Å². The standard InChI is InChI=1S/C24H29BrN4O2/c1-16-4-7-19(13-22(16)25)23(30)26-10-11-28-20(15-29-17(2)14-27-24(28)29)12-18-5-8-21(31-3)9-6-18/h4-9,13,17,20H,10-12,14-15H2,1-3H3,(H,26,30)/t17-,20+/m1/s1. The third-order valence-corrected chi connectivity index (χ3v) is 6.95. The van der Waals surface area contributed by atoms with Gasteiger partial charge in [0.05, 0.1) is 19.7 Å². The zero-order valence-electron chi connectivity index (χ0n) is 18.3. The first-order valence-corrected chi connectivity index (χ1v) is 11.5. The third-order valence-electron chi connectivity index (χ3n) is 6.09. The lowest BCUT2D eigenvalue weighted by atomic mass is 10.0. The number of ether oxygens (including phenoxy) is 1.